The van der Waals surface area contributed by atoms with Gasteiger partial charge in [0, 0.05) is 17.2 Å². The van der Waals surface area contributed by atoms with Crippen LogP contribution >= 0.6 is 0 Å². The van der Waals surface area contributed by atoms with Crippen LogP contribution in [0.1, 0.15) is 49.7 Å². The van der Waals surface area contributed by atoms with Gasteiger partial charge in [0.2, 0.25) is 0 Å². The van der Waals surface area contributed by atoms with Gasteiger partial charge in [0.15, 0.2) is 18.0 Å². The molecular weight excluding hydrogens is 308 g/mol. The van der Waals surface area contributed by atoms with Crippen LogP contribution in [0.2, 0.25) is 0 Å². The zero-order valence-corrected chi connectivity index (χ0v) is 14.6. The van der Waals surface area contributed by atoms with Gasteiger partial charge in [-0.15, -0.1) is 0 Å². The summed E-state index contributed by atoms with van der Waals surface area (Å²) in [6, 6.07) is 3.32. The van der Waals surface area contributed by atoms with Gasteiger partial charge in [-0.1, -0.05) is 12.7 Å². The lowest BCUT2D eigenvalue weighted by molar-refractivity contribution is -0.146. The fourth-order valence-corrected chi connectivity index (χ4v) is 2.52. The topological polar surface area (TPSA) is 61.8 Å². The summed E-state index contributed by atoms with van der Waals surface area (Å²) in [5.41, 5.74) is 2.30. The number of fused-ring (bicyclic) bond motifs is 1. The first-order valence-electron chi connectivity index (χ1n) is 7.69. The summed E-state index contributed by atoms with van der Waals surface area (Å²) in [5.74, 6) is 0.396. The lowest BCUT2D eigenvalue weighted by atomic mass is 9.98. The number of benzene rings is 1. The van der Waals surface area contributed by atoms with Crippen molar-refractivity contribution in [3.05, 3.63) is 47.1 Å². The van der Waals surface area contributed by atoms with Crippen molar-refractivity contribution in [3.8, 4) is 11.5 Å². The van der Waals surface area contributed by atoms with Gasteiger partial charge in [0.25, 0.3) is 0 Å². The zero-order chi connectivity index (χ0) is 18.0. The van der Waals surface area contributed by atoms with Crippen LogP contribution in [0.5, 0.6) is 11.5 Å². The van der Waals surface area contributed by atoms with Gasteiger partial charge in [-0.2, -0.15) is 0 Å². The van der Waals surface area contributed by atoms with Gasteiger partial charge in [0.05, 0.1) is 12.7 Å². The van der Waals surface area contributed by atoms with Gasteiger partial charge in [-0.05, 0) is 39.3 Å². The number of allylic oxidation sites excluding steroid dienone is 1. The number of Topliss-reactive ketones (excluding diaryl/α,β-unsaturated/α-hetero) is 1. The number of rotatable bonds is 5. The maximum atomic E-state index is 12.2. The molecule has 1 heterocycles. The van der Waals surface area contributed by atoms with Crippen LogP contribution < -0.4 is 9.47 Å². The smallest absolute Gasteiger partial charge is 0.334 e. The van der Waals surface area contributed by atoms with E-state index in [9.17, 15) is 9.59 Å². The average molecular weight is 330 g/mol. The Morgan fingerprint density at radius 2 is 1.92 bits per heavy atom. The second kappa shape index (κ2) is 6.91. The molecule has 5 heteroatoms. The Bertz CT molecular complexity index is 730. The molecule has 0 saturated heterocycles. The molecule has 0 radical (unpaired) electrons. The third-order valence-corrected chi connectivity index (χ3v) is 4.02. The molecular formula is C19H22O5. The quantitative estimate of drug-likeness (QED) is 0.356. The second-order valence-electron chi connectivity index (χ2n) is 5.83. The summed E-state index contributed by atoms with van der Waals surface area (Å²) < 4.78 is 16.8. The highest BCUT2D eigenvalue weighted by Crippen LogP contribution is 2.44. The molecule has 0 aromatic heterocycles. The minimum atomic E-state index is -0.649. The summed E-state index contributed by atoms with van der Waals surface area (Å²) in [6.07, 6.45) is 0.536. The number of hydrogen-bond donors (Lipinski definition) is 0. The minimum absolute atomic E-state index is 0.136. The molecule has 5 nitrogen and oxygen atoms in total. The first-order chi connectivity index (χ1) is 11.3. The van der Waals surface area contributed by atoms with E-state index >= 15 is 0 Å². The van der Waals surface area contributed by atoms with Crippen LogP contribution in [0.15, 0.2) is 35.9 Å². The highest BCUT2D eigenvalue weighted by atomic mass is 16.6. The first-order valence-corrected chi connectivity index (χ1v) is 7.69. The summed E-state index contributed by atoms with van der Waals surface area (Å²) in [5, 5.41) is 0. The molecule has 0 fully saturated rings. The molecule has 2 atom stereocenters. The maximum Gasteiger partial charge on any atom is 0.334 e. The standard InChI is InChI=1S/C19H22O5/c1-7-11(4)19(21)24-18-14-8-13(12(5)20)15(22-6)9-16(14)23-17(18)10(2)3/h7-9,17-18H,2H2,1,3-6H3/t17-,18-/m1/s1. The van der Waals surface area contributed by atoms with Crippen molar-refractivity contribution in [1.29, 1.82) is 0 Å². The number of ether oxygens (including phenoxy) is 3. The Morgan fingerprint density at radius 1 is 1.25 bits per heavy atom. The Labute approximate surface area is 141 Å². The van der Waals surface area contributed by atoms with E-state index in [0.717, 1.165) is 5.57 Å². The van der Waals surface area contributed by atoms with E-state index in [1.807, 2.05) is 6.92 Å². The highest BCUT2D eigenvalue weighted by molar-refractivity contribution is 5.97. The summed E-state index contributed by atoms with van der Waals surface area (Å²) in [4.78, 5) is 24.1. The number of esters is 1. The van der Waals surface area contributed by atoms with Crippen LogP contribution in [0.4, 0.5) is 0 Å². The molecule has 0 bridgehead atoms. The van der Waals surface area contributed by atoms with Crippen molar-refractivity contribution in [3.63, 3.8) is 0 Å². The van der Waals surface area contributed by atoms with E-state index in [1.54, 1.807) is 32.1 Å². The molecule has 1 aromatic carbocycles. The molecule has 0 unspecified atom stereocenters. The molecule has 2 rings (SSSR count). The number of ketones is 1. The lowest BCUT2D eigenvalue weighted by Gasteiger charge is -2.20. The molecule has 0 N–H and O–H groups in total. The predicted octanol–water partition coefficient (Wildman–Crippen LogP) is 3.79. The fourth-order valence-electron chi connectivity index (χ4n) is 2.52. The van der Waals surface area contributed by atoms with E-state index in [4.69, 9.17) is 14.2 Å². The molecule has 128 valence electrons. The summed E-state index contributed by atoms with van der Waals surface area (Å²) >= 11 is 0. The fraction of sp³-hybridized carbons (Fsp3) is 0.368. The molecule has 1 aliphatic heterocycles. The first kappa shape index (κ1) is 17.8. The number of hydrogen-bond acceptors (Lipinski definition) is 5. The van der Waals surface area contributed by atoms with Gasteiger partial charge in [0.1, 0.15) is 11.5 Å². The Balaban J connectivity index is 2.50. The van der Waals surface area contributed by atoms with Crippen molar-refractivity contribution >= 4 is 11.8 Å². The predicted molar refractivity (Wildman–Crippen MR) is 90.5 cm³/mol. The van der Waals surface area contributed by atoms with E-state index in [1.165, 1.54) is 14.0 Å². The third kappa shape index (κ3) is 3.20. The van der Waals surface area contributed by atoms with Gasteiger partial charge >= 0.3 is 5.97 Å². The van der Waals surface area contributed by atoms with Crippen LogP contribution in [0.3, 0.4) is 0 Å². The number of carbonyl (C=O) groups excluding carboxylic acids is 2. The second-order valence-corrected chi connectivity index (χ2v) is 5.83. The van der Waals surface area contributed by atoms with Crippen molar-refractivity contribution < 1.29 is 23.8 Å². The lowest BCUT2D eigenvalue weighted by Crippen LogP contribution is -2.24. The SMILES string of the molecule is C=C(C)[C@H]1Oc2cc(OC)c(C(C)=O)cc2[C@H]1OC(=O)C(C)=CC. The molecule has 0 aliphatic carbocycles. The van der Waals surface area contributed by atoms with Gasteiger partial charge in [-0.25, -0.2) is 4.79 Å². The summed E-state index contributed by atoms with van der Waals surface area (Å²) in [7, 11) is 1.49. The average Bonchev–Trinajstić information content (AvgIpc) is 2.90. The van der Waals surface area contributed by atoms with Crippen molar-refractivity contribution in [2.45, 2.75) is 39.9 Å². The Kier molecular flexibility index (Phi) is 5.12. The monoisotopic (exact) mass is 330 g/mol. The zero-order valence-electron chi connectivity index (χ0n) is 14.6. The molecule has 0 saturated carbocycles. The molecule has 24 heavy (non-hydrogen) atoms. The van der Waals surface area contributed by atoms with Crippen LogP contribution in [-0.2, 0) is 9.53 Å². The normalized spacial score (nSPS) is 19.3. The van der Waals surface area contributed by atoms with Crippen LogP contribution in [-0.4, -0.2) is 25.0 Å². The van der Waals surface area contributed by atoms with E-state index in [0.29, 0.717) is 28.2 Å². The van der Waals surface area contributed by atoms with Gasteiger partial charge in [-0.3, -0.25) is 4.79 Å². The maximum absolute atomic E-state index is 12.2. The van der Waals surface area contributed by atoms with E-state index in [-0.39, 0.29) is 5.78 Å². The van der Waals surface area contributed by atoms with Gasteiger partial charge < -0.3 is 14.2 Å². The Hall–Kier alpha value is -2.56. The third-order valence-electron chi connectivity index (χ3n) is 4.02. The van der Waals surface area contributed by atoms with Crippen molar-refractivity contribution in [2.75, 3.05) is 7.11 Å². The molecule has 1 aliphatic rings. The molecule has 1 aromatic rings. The number of methoxy groups -OCH3 is 1. The Morgan fingerprint density at radius 3 is 2.42 bits per heavy atom. The van der Waals surface area contributed by atoms with Crippen molar-refractivity contribution in [1.82, 2.24) is 0 Å². The largest absolute Gasteiger partial charge is 0.496 e. The number of carbonyl (C=O) groups is 2. The molecule has 0 amide bonds. The van der Waals surface area contributed by atoms with Crippen LogP contribution in [0, 0.1) is 0 Å². The minimum Gasteiger partial charge on any atom is -0.496 e. The van der Waals surface area contributed by atoms with Crippen LogP contribution in [0.25, 0.3) is 0 Å². The van der Waals surface area contributed by atoms with E-state index < -0.39 is 18.2 Å². The summed E-state index contributed by atoms with van der Waals surface area (Å²) in [6.45, 7) is 10.6. The molecule has 0 spiro atoms. The van der Waals surface area contributed by atoms with Crippen molar-refractivity contribution in [2.24, 2.45) is 0 Å². The van der Waals surface area contributed by atoms with E-state index in [2.05, 4.69) is 6.58 Å². The highest BCUT2D eigenvalue weighted by Gasteiger charge is 2.39.